The van der Waals surface area contributed by atoms with Gasteiger partial charge in [-0.15, -0.1) is 0 Å². The van der Waals surface area contributed by atoms with Crippen LogP contribution in [0.5, 0.6) is 0 Å². The van der Waals surface area contributed by atoms with Gasteiger partial charge < -0.3 is 5.32 Å². The van der Waals surface area contributed by atoms with E-state index in [1.165, 1.54) is 0 Å². The van der Waals surface area contributed by atoms with Crippen LogP contribution in [0.3, 0.4) is 0 Å². The van der Waals surface area contributed by atoms with Crippen LogP contribution in [0.4, 0.5) is 0 Å². The first-order chi connectivity index (χ1) is 7.29. The zero-order chi connectivity index (χ0) is 12.6. The average Bonchev–Trinajstić information content (AvgIpc) is 2.59. The van der Waals surface area contributed by atoms with Crippen LogP contribution >= 0.6 is 0 Å². The van der Waals surface area contributed by atoms with E-state index in [9.17, 15) is 4.79 Å². The van der Waals surface area contributed by atoms with E-state index in [0.29, 0.717) is 5.92 Å². The van der Waals surface area contributed by atoms with Crippen LogP contribution in [0.15, 0.2) is 0 Å². The summed E-state index contributed by atoms with van der Waals surface area (Å²) < 4.78 is 0. The number of carbonyl (C=O) groups excluding carboxylic acids is 1. The minimum Gasteiger partial charge on any atom is -0.356 e. The zero-order valence-corrected chi connectivity index (χ0v) is 11.7. The number of carbonyl (C=O) groups is 1. The van der Waals surface area contributed by atoms with Gasteiger partial charge in [0, 0.05) is 12.5 Å². The van der Waals surface area contributed by atoms with Gasteiger partial charge in [-0.1, -0.05) is 54.4 Å². The predicted molar refractivity (Wildman–Crippen MR) is 68.1 cm³/mol. The van der Waals surface area contributed by atoms with E-state index in [1.54, 1.807) is 0 Å². The van der Waals surface area contributed by atoms with Crippen molar-refractivity contribution in [1.29, 1.82) is 0 Å². The lowest BCUT2D eigenvalue weighted by Crippen LogP contribution is -2.31. The molecule has 1 amide bonds. The van der Waals surface area contributed by atoms with E-state index in [0.717, 1.165) is 19.4 Å². The van der Waals surface area contributed by atoms with Gasteiger partial charge in [0.25, 0.3) is 0 Å². The molecule has 0 aromatic carbocycles. The highest BCUT2D eigenvalue weighted by Gasteiger charge is 2.68. The number of amides is 1. The molecule has 1 fully saturated rings. The molecule has 0 aromatic rings. The van der Waals surface area contributed by atoms with Crippen molar-refractivity contribution >= 4 is 5.91 Å². The molecule has 1 rings (SSSR count). The number of hydrogen-bond donors (Lipinski definition) is 1. The number of hydrogen-bond acceptors (Lipinski definition) is 1. The third-order valence-corrected chi connectivity index (χ3v) is 5.00. The van der Waals surface area contributed by atoms with Gasteiger partial charge in [0.1, 0.15) is 0 Å². The topological polar surface area (TPSA) is 29.1 Å². The Hall–Kier alpha value is -0.530. The Bertz CT molecular complexity index is 250. The molecule has 0 aliphatic heterocycles. The Balaban J connectivity index is 2.44. The fourth-order valence-electron chi connectivity index (χ4n) is 2.78. The molecular weight excluding hydrogens is 198 g/mol. The molecule has 0 aromatic heterocycles. The van der Waals surface area contributed by atoms with E-state index >= 15 is 0 Å². The highest BCUT2D eigenvalue weighted by Crippen LogP contribution is 2.68. The molecule has 94 valence electrons. The molecule has 2 heteroatoms. The minimum absolute atomic E-state index is 0.158. The van der Waals surface area contributed by atoms with Gasteiger partial charge in [-0.05, 0) is 16.7 Å². The van der Waals surface area contributed by atoms with Crippen LogP contribution in [-0.4, -0.2) is 12.5 Å². The maximum atomic E-state index is 12.1. The zero-order valence-electron chi connectivity index (χ0n) is 11.7. The van der Waals surface area contributed by atoms with Crippen molar-refractivity contribution in [2.24, 2.45) is 22.7 Å². The molecule has 0 radical (unpaired) electrons. The standard InChI is InChI=1S/C14H27NO/c1-7-10(8-2)9-15-12(16)11-13(3,4)14(11,5)6/h10-11H,7-9H2,1-6H3,(H,15,16). The lowest BCUT2D eigenvalue weighted by atomic mass is 10.0. The van der Waals surface area contributed by atoms with Gasteiger partial charge >= 0.3 is 0 Å². The highest BCUT2D eigenvalue weighted by molar-refractivity contribution is 5.84. The monoisotopic (exact) mass is 225 g/mol. The number of rotatable bonds is 5. The second-order valence-electron chi connectivity index (χ2n) is 6.30. The summed E-state index contributed by atoms with van der Waals surface area (Å²) in [6, 6.07) is 0. The van der Waals surface area contributed by atoms with Crippen molar-refractivity contribution in [3.05, 3.63) is 0 Å². The first-order valence-corrected chi connectivity index (χ1v) is 6.56. The molecule has 1 saturated carbocycles. The van der Waals surface area contributed by atoms with Gasteiger partial charge in [-0.25, -0.2) is 0 Å². The lowest BCUT2D eigenvalue weighted by molar-refractivity contribution is -0.123. The molecule has 0 spiro atoms. The Kier molecular flexibility index (Phi) is 3.71. The van der Waals surface area contributed by atoms with Crippen LogP contribution in [-0.2, 0) is 4.79 Å². The van der Waals surface area contributed by atoms with Crippen molar-refractivity contribution in [2.75, 3.05) is 6.54 Å². The van der Waals surface area contributed by atoms with Crippen molar-refractivity contribution in [2.45, 2.75) is 54.4 Å². The summed E-state index contributed by atoms with van der Waals surface area (Å²) in [5, 5.41) is 3.12. The van der Waals surface area contributed by atoms with Gasteiger partial charge in [0.05, 0.1) is 0 Å². The Morgan fingerprint density at radius 1 is 1.12 bits per heavy atom. The van der Waals surface area contributed by atoms with E-state index in [4.69, 9.17) is 0 Å². The predicted octanol–water partition coefficient (Wildman–Crippen LogP) is 3.22. The Labute approximate surface area is 100 Å². The van der Waals surface area contributed by atoms with E-state index in [2.05, 4.69) is 46.9 Å². The molecule has 0 atom stereocenters. The second kappa shape index (κ2) is 4.38. The molecule has 0 unspecified atom stereocenters. The first-order valence-electron chi connectivity index (χ1n) is 6.56. The number of nitrogens with one attached hydrogen (secondary N) is 1. The first kappa shape index (κ1) is 13.5. The van der Waals surface area contributed by atoms with Crippen LogP contribution in [0.2, 0.25) is 0 Å². The summed E-state index contributed by atoms with van der Waals surface area (Å²) in [7, 11) is 0. The smallest absolute Gasteiger partial charge is 0.224 e. The largest absolute Gasteiger partial charge is 0.356 e. The van der Waals surface area contributed by atoms with Crippen molar-refractivity contribution < 1.29 is 4.79 Å². The Morgan fingerprint density at radius 3 is 1.88 bits per heavy atom. The highest BCUT2D eigenvalue weighted by atomic mass is 16.2. The molecule has 0 saturated heterocycles. The molecule has 1 aliphatic carbocycles. The fraction of sp³-hybridized carbons (Fsp3) is 0.929. The normalized spacial score (nSPS) is 22.2. The quantitative estimate of drug-likeness (QED) is 0.764. The maximum absolute atomic E-state index is 12.1. The molecule has 0 heterocycles. The molecule has 16 heavy (non-hydrogen) atoms. The summed E-state index contributed by atoms with van der Waals surface area (Å²) >= 11 is 0. The Morgan fingerprint density at radius 2 is 1.56 bits per heavy atom. The fourth-order valence-corrected chi connectivity index (χ4v) is 2.78. The van der Waals surface area contributed by atoms with Crippen molar-refractivity contribution in [3.8, 4) is 0 Å². The summed E-state index contributed by atoms with van der Waals surface area (Å²) in [5.41, 5.74) is 0.315. The minimum atomic E-state index is 0.158. The second-order valence-corrected chi connectivity index (χ2v) is 6.30. The molecule has 1 N–H and O–H groups in total. The molecule has 0 bridgehead atoms. The molecular formula is C14H27NO. The maximum Gasteiger partial charge on any atom is 0.224 e. The summed E-state index contributed by atoms with van der Waals surface area (Å²) in [6.45, 7) is 14.0. The third kappa shape index (κ3) is 2.11. The van der Waals surface area contributed by atoms with E-state index in [-0.39, 0.29) is 22.7 Å². The average molecular weight is 225 g/mol. The molecule has 1 aliphatic rings. The van der Waals surface area contributed by atoms with Gasteiger partial charge in [0.2, 0.25) is 5.91 Å². The van der Waals surface area contributed by atoms with Gasteiger partial charge in [0.15, 0.2) is 0 Å². The van der Waals surface area contributed by atoms with Crippen LogP contribution in [0.1, 0.15) is 54.4 Å². The summed E-state index contributed by atoms with van der Waals surface area (Å²) in [4.78, 5) is 12.1. The van der Waals surface area contributed by atoms with Crippen molar-refractivity contribution in [3.63, 3.8) is 0 Å². The SMILES string of the molecule is CCC(CC)CNC(=O)C1C(C)(C)C1(C)C. The van der Waals surface area contributed by atoms with Crippen LogP contribution < -0.4 is 5.32 Å². The van der Waals surface area contributed by atoms with Gasteiger partial charge in [-0.3, -0.25) is 4.79 Å². The van der Waals surface area contributed by atoms with E-state index < -0.39 is 0 Å². The molecule has 2 nitrogen and oxygen atoms in total. The summed E-state index contributed by atoms with van der Waals surface area (Å²) in [6.07, 6.45) is 2.29. The third-order valence-electron chi connectivity index (χ3n) is 5.00. The van der Waals surface area contributed by atoms with Crippen molar-refractivity contribution in [1.82, 2.24) is 5.32 Å². The van der Waals surface area contributed by atoms with Gasteiger partial charge in [-0.2, -0.15) is 0 Å². The summed E-state index contributed by atoms with van der Waals surface area (Å²) in [5.74, 6) is 1.07. The van der Waals surface area contributed by atoms with E-state index in [1.807, 2.05) is 0 Å². The van der Waals surface area contributed by atoms with Crippen LogP contribution in [0, 0.1) is 22.7 Å². The van der Waals surface area contributed by atoms with Crippen LogP contribution in [0.25, 0.3) is 0 Å². The lowest BCUT2D eigenvalue weighted by Gasteiger charge is -2.13.